The first-order valence-corrected chi connectivity index (χ1v) is 6.78. The van der Waals surface area contributed by atoms with Gasteiger partial charge >= 0.3 is 5.92 Å². The lowest BCUT2D eigenvalue weighted by molar-refractivity contribution is -0.164. The molecule has 1 aromatic carbocycles. The normalized spacial score (nSPS) is 15.5. The largest absolute Gasteiger partial charge is 0.332 e. The number of nitrogens with zero attached hydrogens (tertiary/aromatic N) is 3. The number of aromatic nitrogens is 2. The van der Waals surface area contributed by atoms with Crippen LogP contribution in [0, 0.1) is 5.82 Å². The molecule has 122 valence electrons. The van der Waals surface area contributed by atoms with Crippen LogP contribution in [0.15, 0.2) is 22.7 Å². The van der Waals surface area contributed by atoms with Crippen molar-refractivity contribution in [3.8, 4) is 11.4 Å². The molecule has 6 nitrogen and oxygen atoms in total. The molecule has 0 radical (unpaired) electrons. The predicted molar refractivity (Wildman–Crippen MR) is 70.4 cm³/mol. The lowest BCUT2D eigenvalue weighted by Gasteiger charge is -2.14. The van der Waals surface area contributed by atoms with Crippen LogP contribution in [0.25, 0.3) is 11.4 Å². The van der Waals surface area contributed by atoms with Gasteiger partial charge in [0.15, 0.2) is 0 Å². The predicted octanol–water partition coefficient (Wildman–Crippen LogP) is 2.65. The fourth-order valence-electron chi connectivity index (χ4n) is 2.09. The van der Waals surface area contributed by atoms with Gasteiger partial charge in [-0.1, -0.05) is 11.2 Å². The average molecular weight is 327 g/mol. The summed E-state index contributed by atoms with van der Waals surface area (Å²) in [6.07, 6.45) is 0.289. The monoisotopic (exact) mass is 327 g/mol. The molecular weight excluding hydrogens is 315 g/mol. The summed E-state index contributed by atoms with van der Waals surface area (Å²) in [5.41, 5.74) is 0.424. The van der Waals surface area contributed by atoms with Gasteiger partial charge in [-0.3, -0.25) is 9.63 Å². The molecule has 1 aliphatic heterocycles. The first kappa shape index (κ1) is 15.5. The van der Waals surface area contributed by atoms with E-state index in [1.807, 2.05) is 0 Å². The second-order valence-corrected chi connectivity index (χ2v) is 5.14. The minimum atomic E-state index is -3.30. The lowest BCUT2D eigenvalue weighted by Crippen LogP contribution is -2.22. The number of rotatable bonds is 4. The molecule has 0 saturated carbocycles. The van der Waals surface area contributed by atoms with Gasteiger partial charge in [-0.15, -0.1) is 0 Å². The van der Waals surface area contributed by atoms with E-state index in [2.05, 4.69) is 14.7 Å². The summed E-state index contributed by atoms with van der Waals surface area (Å²) in [5, 5.41) is 4.51. The Morgan fingerprint density at radius 3 is 2.74 bits per heavy atom. The van der Waals surface area contributed by atoms with Crippen LogP contribution in [-0.4, -0.2) is 27.7 Å². The summed E-state index contributed by atoms with van der Waals surface area (Å²) in [7, 11) is 0. The van der Waals surface area contributed by atoms with Gasteiger partial charge in [0.2, 0.25) is 11.7 Å². The van der Waals surface area contributed by atoms with Crippen molar-refractivity contribution in [2.75, 3.05) is 6.61 Å². The van der Waals surface area contributed by atoms with Gasteiger partial charge in [-0.2, -0.15) is 13.8 Å². The SMILES string of the molecule is CC(F)(F)c1nc(-c2ccc(CN3OCCC3=O)cc2F)no1. The van der Waals surface area contributed by atoms with Crippen molar-refractivity contribution in [3.63, 3.8) is 0 Å². The highest BCUT2D eigenvalue weighted by Crippen LogP contribution is 2.28. The Balaban J connectivity index is 1.82. The van der Waals surface area contributed by atoms with Crippen LogP contribution >= 0.6 is 0 Å². The maximum atomic E-state index is 14.2. The first-order valence-electron chi connectivity index (χ1n) is 6.78. The van der Waals surface area contributed by atoms with Gasteiger partial charge in [0.05, 0.1) is 25.1 Å². The van der Waals surface area contributed by atoms with Crippen molar-refractivity contribution in [1.82, 2.24) is 15.2 Å². The third-order valence-corrected chi connectivity index (χ3v) is 3.24. The van der Waals surface area contributed by atoms with Crippen molar-refractivity contribution in [3.05, 3.63) is 35.5 Å². The molecule has 0 aliphatic carbocycles. The van der Waals surface area contributed by atoms with Gasteiger partial charge < -0.3 is 4.52 Å². The molecule has 1 aliphatic rings. The van der Waals surface area contributed by atoms with Crippen LogP contribution in [0.2, 0.25) is 0 Å². The summed E-state index contributed by atoms with van der Waals surface area (Å²) >= 11 is 0. The zero-order valence-corrected chi connectivity index (χ0v) is 12.1. The van der Waals surface area contributed by atoms with Crippen molar-refractivity contribution in [1.29, 1.82) is 0 Å². The van der Waals surface area contributed by atoms with Gasteiger partial charge in [-0.05, 0) is 17.7 Å². The second-order valence-electron chi connectivity index (χ2n) is 5.14. The number of hydroxylamine groups is 2. The number of carbonyl (C=O) groups is 1. The maximum absolute atomic E-state index is 14.2. The standard InChI is InChI=1S/C14H12F3N3O3/c1-14(16,17)13-18-12(19-23-13)9-3-2-8(6-10(9)15)7-20-11(21)4-5-22-20/h2-3,6H,4-5,7H2,1H3. The minimum absolute atomic E-state index is 0.0679. The number of hydrogen-bond donors (Lipinski definition) is 0. The van der Waals surface area contributed by atoms with Crippen molar-refractivity contribution in [2.45, 2.75) is 25.8 Å². The van der Waals surface area contributed by atoms with Crippen LogP contribution in [-0.2, 0) is 22.1 Å². The van der Waals surface area contributed by atoms with E-state index in [0.29, 0.717) is 19.1 Å². The summed E-state index contributed by atoms with van der Waals surface area (Å²) in [5.74, 6) is -5.33. The number of hydrogen-bond acceptors (Lipinski definition) is 5. The van der Waals surface area contributed by atoms with E-state index in [1.165, 1.54) is 18.2 Å². The fourth-order valence-corrected chi connectivity index (χ4v) is 2.09. The smallest absolute Gasteiger partial charge is 0.322 e. The van der Waals surface area contributed by atoms with Gasteiger partial charge in [0.1, 0.15) is 5.82 Å². The Bertz CT molecular complexity index is 742. The molecule has 0 bridgehead atoms. The molecule has 0 atom stereocenters. The molecule has 3 rings (SSSR count). The third kappa shape index (κ3) is 3.19. The van der Waals surface area contributed by atoms with Crippen molar-refractivity contribution < 1.29 is 27.3 Å². The highest BCUT2D eigenvalue weighted by molar-refractivity contribution is 5.76. The summed E-state index contributed by atoms with van der Waals surface area (Å²) in [6.45, 7) is 1.01. The van der Waals surface area contributed by atoms with E-state index >= 15 is 0 Å². The van der Waals surface area contributed by atoms with Crippen LogP contribution in [0.4, 0.5) is 13.2 Å². The third-order valence-electron chi connectivity index (χ3n) is 3.24. The van der Waals surface area contributed by atoms with E-state index in [1.54, 1.807) is 0 Å². The number of alkyl halides is 2. The number of benzene rings is 1. The van der Waals surface area contributed by atoms with E-state index in [0.717, 1.165) is 5.06 Å². The molecule has 1 fully saturated rings. The molecule has 23 heavy (non-hydrogen) atoms. The quantitative estimate of drug-likeness (QED) is 0.863. The Morgan fingerprint density at radius 2 is 2.17 bits per heavy atom. The average Bonchev–Trinajstić information content (AvgIpc) is 3.09. The van der Waals surface area contributed by atoms with Gasteiger partial charge in [0, 0.05) is 6.92 Å². The molecule has 2 aromatic rings. The second kappa shape index (κ2) is 5.65. The minimum Gasteiger partial charge on any atom is -0.332 e. The Morgan fingerprint density at radius 1 is 1.39 bits per heavy atom. The Kier molecular flexibility index (Phi) is 3.80. The van der Waals surface area contributed by atoms with E-state index < -0.39 is 17.6 Å². The topological polar surface area (TPSA) is 68.5 Å². The van der Waals surface area contributed by atoms with Crippen LogP contribution in [0.5, 0.6) is 0 Å². The molecular formula is C14H12F3N3O3. The summed E-state index contributed by atoms with van der Waals surface area (Å²) in [4.78, 5) is 20.1. The summed E-state index contributed by atoms with van der Waals surface area (Å²) < 4.78 is 44.7. The number of carbonyl (C=O) groups excluding carboxylic acids is 1. The highest BCUT2D eigenvalue weighted by Gasteiger charge is 2.32. The van der Waals surface area contributed by atoms with Crippen LogP contribution < -0.4 is 0 Å². The molecule has 2 heterocycles. The number of amides is 1. The molecule has 9 heteroatoms. The molecule has 1 saturated heterocycles. The van der Waals surface area contributed by atoms with Crippen LogP contribution in [0.1, 0.15) is 24.8 Å². The van der Waals surface area contributed by atoms with E-state index in [-0.39, 0.29) is 30.3 Å². The van der Waals surface area contributed by atoms with Crippen molar-refractivity contribution >= 4 is 5.91 Å². The summed E-state index contributed by atoms with van der Waals surface area (Å²) in [6, 6.07) is 4.05. The Hall–Kier alpha value is -2.42. The molecule has 1 amide bonds. The lowest BCUT2D eigenvalue weighted by atomic mass is 10.1. The number of halogens is 3. The molecule has 0 unspecified atom stereocenters. The van der Waals surface area contributed by atoms with Crippen molar-refractivity contribution in [2.24, 2.45) is 0 Å². The van der Waals surface area contributed by atoms with E-state index in [9.17, 15) is 18.0 Å². The zero-order chi connectivity index (χ0) is 16.6. The van der Waals surface area contributed by atoms with Crippen LogP contribution in [0.3, 0.4) is 0 Å². The van der Waals surface area contributed by atoms with Gasteiger partial charge in [0.25, 0.3) is 5.89 Å². The molecule has 0 spiro atoms. The first-order chi connectivity index (χ1) is 10.8. The fraction of sp³-hybridized carbons (Fsp3) is 0.357. The molecule has 1 aromatic heterocycles. The highest BCUT2D eigenvalue weighted by atomic mass is 19.3. The van der Waals surface area contributed by atoms with E-state index in [4.69, 9.17) is 4.84 Å². The zero-order valence-electron chi connectivity index (χ0n) is 12.1. The Labute approximate surface area is 128 Å². The maximum Gasteiger partial charge on any atom is 0.322 e. The molecule has 0 N–H and O–H groups in total. The van der Waals surface area contributed by atoms with Gasteiger partial charge in [-0.25, -0.2) is 9.45 Å².